The monoisotopic (exact) mass is 244 g/mol. The van der Waals surface area contributed by atoms with Crippen molar-refractivity contribution in [1.29, 1.82) is 0 Å². The van der Waals surface area contributed by atoms with Crippen LogP contribution in [0.15, 0.2) is 0 Å². The Kier molecular flexibility index (Phi) is 4.52. The molecule has 17 heavy (non-hydrogen) atoms. The lowest BCUT2D eigenvalue weighted by Gasteiger charge is -2.27. The van der Waals surface area contributed by atoms with E-state index in [-0.39, 0.29) is 30.3 Å². The van der Waals surface area contributed by atoms with Crippen LogP contribution in [-0.2, 0) is 4.79 Å². The molecule has 1 rings (SSSR count). The fourth-order valence-electron chi connectivity index (χ4n) is 2.22. The highest BCUT2D eigenvalue weighted by atomic mass is 16.3. The molecule has 0 aromatic rings. The van der Waals surface area contributed by atoms with Crippen LogP contribution in [-0.4, -0.2) is 52.9 Å². The second kappa shape index (κ2) is 5.33. The Labute approximate surface area is 103 Å². The highest BCUT2D eigenvalue weighted by molar-refractivity contribution is 5.79. The number of rotatable bonds is 3. The van der Waals surface area contributed by atoms with Crippen molar-refractivity contribution in [3.05, 3.63) is 0 Å². The molecule has 1 saturated heterocycles. The van der Waals surface area contributed by atoms with Crippen LogP contribution >= 0.6 is 0 Å². The van der Waals surface area contributed by atoms with Gasteiger partial charge in [0.1, 0.15) is 0 Å². The van der Waals surface area contributed by atoms with E-state index >= 15 is 0 Å². The van der Waals surface area contributed by atoms with E-state index in [0.29, 0.717) is 13.0 Å². The highest BCUT2D eigenvalue weighted by Crippen LogP contribution is 2.26. The zero-order chi connectivity index (χ0) is 13.2. The molecule has 1 aliphatic rings. The van der Waals surface area contributed by atoms with E-state index in [1.807, 2.05) is 0 Å². The van der Waals surface area contributed by atoms with E-state index in [1.165, 1.54) is 4.90 Å². The van der Waals surface area contributed by atoms with Gasteiger partial charge in [0.25, 0.3) is 0 Å². The van der Waals surface area contributed by atoms with Crippen molar-refractivity contribution in [2.75, 3.05) is 19.6 Å². The third kappa shape index (κ3) is 3.94. The molecule has 5 nitrogen and oxygen atoms in total. The van der Waals surface area contributed by atoms with Crippen LogP contribution in [0.25, 0.3) is 0 Å². The Balaban J connectivity index is 2.61. The third-order valence-electron chi connectivity index (χ3n) is 3.06. The summed E-state index contributed by atoms with van der Waals surface area (Å²) in [5, 5.41) is 18.9. The summed E-state index contributed by atoms with van der Waals surface area (Å²) in [6.45, 7) is 6.92. The number of aliphatic hydroxyl groups excluding tert-OH is 2. The van der Waals surface area contributed by atoms with Gasteiger partial charge in [0.2, 0.25) is 5.91 Å². The second-order valence-electron chi connectivity index (χ2n) is 6.08. The molecule has 0 aliphatic carbocycles. The van der Waals surface area contributed by atoms with Crippen molar-refractivity contribution in [3.8, 4) is 0 Å². The van der Waals surface area contributed by atoms with Crippen molar-refractivity contribution in [2.24, 2.45) is 17.1 Å². The second-order valence-corrected chi connectivity index (χ2v) is 6.08. The normalized spacial score (nSPS) is 27.3. The van der Waals surface area contributed by atoms with E-state index in [2.05, 4.69) is 20.8 Å². The lowest BCUT2D eigenvalue weighted by molar-refractivity contribution is -0.135. The van der Waals surface area contributed by atoms with Crippen LogP contribution < -0.4 is 5.73 Å². The van der Waals surface area contributed by atoms with Crippen LogP contribution in [0.5, 0.6) is 0 Å². The lowest BCUT2D eigenvalue weighted by Crippen LogP contribution is -2.40. The summed E-state index contributed by atoms with van der Waals surface area (Å²) in [4.78, 5) is 13.7. The number of amides is 1. The topological polar surface area (TPSA) is 86.8 Å². The van der Waals surface area contributed by atoms with Crippen molar-refractivity contribution in [3.63, 3.8) is 0 Å². The molecule has 5 heteroatoms. The first kappa shape index (κ1) is 14.4. The smallest absolute Gasteiger partial charge is 0.227 e. The number of hydrogen-bond donors (Lipinski definition) is 3. The molecule has 0 spiro atoms. The van der Waals surface area contributed by atoms with Gasteiger partial charge in [0, 0.05) is 19.6 Å². The number of β-amino-alcohol motifs (C(OH)–C–C–N with tert-alkyl or cyclic N) is 2. The number of nitrogens with zero attached hydrogens (tertiary/aromatic N) is 1. The van der Waals surface area contributed by atoms with Gasteiger partial charge >= 0.3 is 0 Å². The average molecular weight is 244 g/mol. The summed E-state index contributed by atoms with van der Waals surface area (Å²) in [7, 11) is 0. The van der Waals surface area contributed by atoms with Gasteiger partial charge in [0.05, 0.1) is 18.1 Å². The fraction of sp³-hybridized carbons (Fsp3) is 0.917. The first-order valence-electron chi connectivity index (χ1n) is 6.09. The van der Waals surface area contributed by atoms with Crippen molar-refractivity contribution in [2.45, 2.75) is 39.4 Å². The van der Waals surface area contributed by atoms with Gasteiger partial charge in [-0.15, -0.1) is 0 Å². The highest BCUT2D eigenvalue weighted by Gasteiger charge is 2.36. The zero-order valence-corrected chi connectivity index (χ0v) is 10.9. The molecular formula is C12H24N2O3. The Morgan fingerprint density at radius 2 is 1.82 bits per heavy atom. The Hall–Kier alpha value is -0.650. The number of likely N-dealkylation sites (tertiary alicyclic amines) is 1. The molecule has 1 aliphatic heterocycles. The van der Waals surface area contributed by atoms with Gasteiger partial charge in [-0.1, -0.05) is 20.8 Å². The minimum atomic E-state index is -0.827. The number of carbonyl (C=O) groups excluding carboxylic acids is 1. The molecule has 0 radical (unpaired) electrons. The average Bonchev–Trinajstić information content (AvgIpc) is 2.53. The van der Waals surface area contributed by atoms with E-state index < -0.39 is 12.2 Å². The number of aliphatic hydroxyl groups is 2. The SMILES string of the molecule is CC(C)(C)CC(CN)C(=O)N1C[C@@H](O)[C@@H](O)C1. The minimum absolute atomic E-state index is 0.0383. The maximum atomic E-state index is 12.2. The lowest BCUT2D eigenvalue weighted by atomic mass is 9.84. The summed E-state index contributed by atoms with van der Waals surface area (Å²) in [6, 6.07) is 0. The molecule has 100 valence electrons. The Morgan fingerprint density at radius 1 is 1.35 bits per heavy atom. The van der Waals surface area contributed by atoms with Gasteiger partial charge in [0.15, 0.2) is 0 Å². The molecular weight excluding hydrogens is 220 g/mol. The summed E-state index contributed by atoms with van der Waals surface area (Å²) >= 11 is 0. The largest absolute Gasteiger partial charge is 0.388 e. The van der Waals surface area contributed by atoms with Crippen molar-refractivity contribution < 1.29 is 15.0 Å². The number of hydrogen-bond acceptors (Lipinski definition) is 4. The molecule has 1 amide bonds. The maximum Gasteiger partial charge on any atom is 0.227 e. The van der Waals surface area contributed by atoms with Crippen LogP contribution in [0.1, 0.15) is 27.2 Å². The summed E-state index contributed by atoms with van der Waals surface area (Å²) in [6.07, 6.45) is -0.940. The molecule has 3 atom stereocenters. The molecule has 0 saturated carbocycles. The molecule has 0 bridgehead atoms. The van der Waals surface area contributed by atoms with Gasteiger partial charge < -0.3 is 20.8 Å². The van der Waals surface area contributed by atoms with Crippen LogP contribution in [0, 0.1) is 11.3 Å². The van der Waals surface area contributed by atoms with E-state index in [4.69, 9.17) is 5.73 Å². The molecule has 1 unspecified atom stereocenters. The molecule has 0 aromatic carbocycles. The van der Waals surface area contributed by atoms with Gasteiger partial charge in [-0.05, 0) is 11.8 Å². The predicted octanol–water partition coefficient (Wildman–Crippen LogP) is -0.438. The van der Waals surface area contributed by atoms with Crippen molar-refractivity contribution >= 4 is 5.91 Å². The van der Waals surface area contributed by atoms with Crippen LogP contribution in [0.3, 0.4) is 0 Å². The van der Waals surface area contributed by atoms with Crippen LogP contribution in [0.2, 0.25) is 0 Å². The molecule has 1 heterocycles. The fourth-order valence-corrected chi connectivity index (χ4v) is 2.22. The summed E-state index contributed by atoms with van der Waals surface area (Å²) < 4.78 is 0. The van der Waals surface area contributed by atoms with Gasteiger partial charge in [-0.2, -0.15) is 0 Å². The Bertz CT molecular complexity index is 265. The Morgan fingerprint density at radius 3 is 2.18 bits per heavy atom. The number of carbonyl (C=O) groups is 1. The number of nitrogens with two attached hydrogens (primary N) is 1. The van der Waals surface area contributed by atoms with Gasteiger partial charge in [-0.25, -0.2) is 0 Å². The predicted molar refractivity (Wildman–Crippen MR) is 65.2 cm³/mol. The first-order valence-corrected chi connectivity index (χ1v) is 6.09. The third-order valence-corrected chi connectivity index (χ3v) is 3.06. The quantitative estimate of drug-likeness (QED) is 0.628. The zero-order valence-electron chi connectivity index (χ0n) is 10.9. The van der Waals surface area contributed by atoms with Gasteiger partial charge in [-0.3, -0.25) is 4.79 Å². The molecule has 4 N–H and O–H groups in total. The maximum absolute atomic E-state index is 12.2. The van der Waals surface area contributed by atoms with Crippen molar-refractivity contribution in [1.82, 2.24) is 4.90 Å². The summed E-state index contributed by atoms with van der Waals surface area (Å²) in [5.74, 6) is -0.287. The van der Waals surface area contributed by atoms with E-state index in [9.17, 15) is 15.0 Å². The van der Waals surface area contributed by atoms with E-state index in [1.54, 1.807) is 0 Å². The summed E-state index contributed by atoms with van der Waals surface area (Å²) in [5.41, 5.74) is 5.68. The standard InChI is InChI=1S/C12H24N2O3/c1-12(2,3)4-8(5-13)11(17)14-6-9(15)10(16)7-14/h8-10,15-16H,4-7,13H2,1-3H3/t8?,9-,10+. The molecule has 1 fully saturated rings. The van der Waals surface area contributed by atoms with Crippen LogP contribution in [0.4, 0.5) is 0 Å². The minimum Gasteiger partial charge on any atom is -0.388 e. The first-order chi connectivity index (χ1) is 7.74. The van der Waals surface area contributed by atoms with E-state index in [0.717, 1.165) is 0 Å². The molecule has 0 aromatic heterocycles.